The van der Waals surface area contributed by atoms with Crippen LogP contribution in [0.15, 0.2) is 76.5 Å². The van der Waals surface area contributed by atoms with Crippen LogP contribution < -0.4 is 14.2 Å². The van der Waals surface area contributed by atoms with E-state index in [0.717, 1.165) is 65.2 Å². The number of fused-ring (bicyclic) bond motifs is 1. The van der Waals surface area contributed by atoms with Gasteiger partial charge in [-0.25, -0.2) is 8.42 Å². The molecule has 0 bridgehead atoms. The third kappa shape index (κ3) is 6.93. The van der Waals surface area contributed by atoms with E-state index in [1.54, 1.807) is 49.8 Å². The molecule has 0 unspecified atom stereocenters. The third-order valence-corrected chi connectivity index (χ3v) is 9.94. The van der Waals surface area contributed by atoms with Crippen LogP contribution in [-0.2, 0) is 22.7 Å². The number of sulfone groups is 1. The van der Waals surface area contributed by atoms with Gasteiger partial charge in [0, 0.05) is 28.1 Å². The summed E-state index contributed by atoms with van der Waals surface area (Å²) in [6.45, 7) is 4.44. The summed E-state index contributed by atoms with van der Waals surface area (Å²) >= 11 is 1.58. The monoisotopic (exact) mass is 567 g/mol. The number of thiophene rings is 1. The highest BCUT2D eigenvalue weighted by Crippen LogP contribution is 2.38. The van der Waals surface area contributed by atoms with E-state index in [1.807, 2.05) is 36.4 Å². The Hall–Kier alpha value is -3.07. The van der Waals surface area contributed by atoms with Gasteiger partial charge >= 0.3 is 0 Å². The van der Waals surface area contributed by atoms with Crippen molar-refractivity contribution in [3.63, 3.8) is 0 Å². The van der Waals surface area contributed by atoms with E-state index in [4.69, 9.17) is 14.2 Å². The summed E-state index contributed by atoms with van der Waals surface area (Å²) in [5.74, 6) is 2.15. The second-order valence-corrected chi connectivity index (χ2v) is 12.5. The summed E-state index contributed by atoms with van der Waals surface area (Å²) in [6.07, 6.45) is 3.42. The molecule has 0 saturated heterocycles. The second kappa shape index (κ2) is 13.3. The largest absolute Gasteiger partial charge is 0.494 e. The van der Waals surface area contributed by atoms with Crippen molar-refractivity contribution in [2.75, 3.05) is 41.0 Å². The minimum absolute atomic E-state index is 0.297. The predicted octanol–water partition coefficient (Wildman–Crippen LogP) is 6.65. The number of methoxy groups -OCH3 is 2. The Balaban J connectivity index is 1.30. The number of hydrogen-bond acceptors (Lipinski definition) is 7. The van der Waals surface area contributed by atoms with Gasteiger partial charge in [-0.05, 0) is 74.3 Å². The Morgan fingerprint density at radius 1 is 0.872 bits per heavy atom. The number of rotatable bonds is 14. The van der Waals surface area contributed by atoms with E-state index >= 15 is 0 Å². The zero-order chi connectivity index (χ0) is 27.8. The average molecular weight is 568 g/mol. The Morgan fingerprint density at radius 3 is 2.33 bits per heavy atom. The SMILES string of the molecule is CCCc1sc2ccccc2c1S(=O)(=O)c1ccc(OCCCN(C)CCc2ccc(OC)c(OC)c2)cc1. The van der Waals surface area contributed by atoms with Crippen LogP contribution >= 0.6 is 11.3 Å². The van der Waals surface area contributed by atoms with Crippen molar-refractivity contribution in [1.29, 1.82) is 0 Å². The van der Waals surface area contributed by atoms with Gasteiger partial charge in [-0.3, -0.25) is 0 Å². The van der Waals surface area contributed by atoms with Crippen LogP contribution in [0.3, 0.4) is 0 Å². The minimum atomic E-state index is -3.63. The molecule has 0 aliphatic heterocycles. The lowest BCUT2D eigenvalue weighted by atomic mass is 10.1. The third-order valence-electron chi connectivity index (χ3n) is 6.68. The summed E-state index contributed by atoms with van der Waals surface area (Å²) in [6, 6.07) is 20.6. The van der Waals surface area contributed by atoms with Gasteiger partial charge in [0.15, 0.2) is 11.5 Å². The first kappa shape index (κ1) is 28.9. The first-order valence-corrected chi connectivity index (χ1v) is 15.5. The first-order valence-electron chi connectivity index (χ1n) is 13.2. The second-order valence-electron chi connectivity index (χ2n) is 9.52. The van der Waals surface area contributed by atoms with E-state index in [9.17, 15) is 8.42 Å². The van der Waals surface area contributed by atoms with Crippen molar-refractivity contribution in [3.8, 4) is 17.2 Å². The molecule has 4 aromatic rings. The zero-order valence-electron chi connectivity index (χ0n) is 23.1. The van der Waals surface area contributed by atoms with Gasteiger partial charge < -0.3 is 19.1 Å². The summed E-state index contributed by atoms with van der Waals surface area (Å²) < 4.78 is 44.9. The summed E-state index contributed by atoms with van der Waals surface area (Å²) in [4.78, 5) is 3.95. The predicted molar refractivity (Wildman–Crippen MR) is 159 cm³/mol. The highest BCUT2D eigenvalue weighted by Gasteiger charge is 2.26. The van der Waals surface area contributed by atoms with Crippen LogP contribution in [0.4, 0.5) is 0 Å². The summed E-state index contributed by atoms with van der Waals surface area (Å²) in [5.41, 5.74) is 1.20. The molecule has 3 aromatic carbocycles. The number of aryl methyl sites for hydroxylation is 1. The van der Waals surface area contributed by atoms with Crippen molar-refractivity contribution in [1.82, 2.24) is 4.90 Å². The lowest BCUT2D eigenvalue weighted by molar-refractivity contribution is 0.264. The molecule has 0 fully saturated rings. The fraction of sp³-hybridized carbons (Fsp3) is 0.355. The molecule has 0 atom stereocenters. The molecule has 0 spiro atoms. The van der Waals surface area contributed by atoms with Gasteiger partial charge in [0.25, 0.3) is 0 Å². The Labute approximate surface area is 236 Å². The molecule has 1 aromatic heterocycles. The molecule has 0 saturated carbocycles. The fourth-order valence-electron chi connectivity index (χ4n) is 4.58. The van der Waals surface area contributed by atoms with E-state index in [1.165, 1.54) is 5.56 Å². The average Bonchev–Trinajstić information content (AvgIpc) is 3.33. The van der Waals surface area contributed by atoms with Crippen LogP contribution in [0.2, 0.25) is 0 Å². The molecule has 6 nitrogen and oxygen atoms in total. The molecule has 0 aliphatic rings. The van der Waals surface area contributed by atoms with Gasteiger partial charge in [-0.15, -0.1) is 11.3 Å². The van der Waals surface area contributed by atoms with Gasteiger partial charge in [0.2, 0.25) is 9.84 Å². The quantitative estimate of drug-likeness (QED) is 0.159. The van der Waals surface area contributed by atoms with Crippen LogP contribution in [0.25, 0.3) is 10.1 Å². The molecule has 0 amide bonds. The smallest absolute Gasteiger partial charge is 0.208 e. The standard InChI is InChI=1S/C31H37NO5S2/c1-5-9-30-31(26-10-6-7-11-29(26)38-30)39(33,34)25-15-13-24(14-16-25)37-21-8-19-32(2)20-18-23-12-17-27(35-3)28(22-23)36-4/h6-7,10-17,22H,5,8-9,18-21H2,1-4H3. The van der Waals surface area contributed by atoms with Crippen LogP contribution in [-0.4, -0.2) is 54.3 Å². The molecule has 39 heavy (non-hydrogen) atoms. The van der Waals surface area contributed by atoms with Crippen molar-refractivity contribution < 1.29 is 22.6 Å². The van der Waals surface area contributed by atoms with Crippen LogP contribution in [0.1, 0.15) is 30.2 Å². The van der Waals surface area contributed by atoms with Gasteiger partial charge in [-0.1, -0.05) is 37.6 Å². The molecule has 1 heterocycles. The Bertz CT molecular complexity index is 1480. The van der Waals surface area contributed by atoms with Gasteiger partial charge in [0.05, 0.1) is 30.6 Å². The normalized spacial score (nSPS) is 11.7. The minimum Gasteiger partial charge on any atom is -0.494 e. The number of nitrogens with zero attached hydrogens (tertiary/aromatic N) is 1. The lowest BCUT2D eigenvalue weighted by Crippen LogP contribution is -2.23. The highest BCUT2D eigenvalue weighted by atomic mass is 32.2. The topological polar surface area (TPSA) is 65.1 Å². The van der Waals surface area contributed by atoms with Crippen molar-refractivity contribution >= 4 is 31.3 Å². The van der Waals surface area contributed by atoms with Crippen molar-refractivity contribution in [2.45, 2.75) is 42.4 Å². The number of hydrogen-bond donors (Lipinski definition) is 0. The van der Waals surface area contributed by atoms with E-state index in [0.29, 0.717) is 22.1 Å². The molecule has 0 N–H and O–H groups in total. The first-order chi connectivity index (χ1) is 18.9. The summed E-state index contributed by atoms with van der Waals surface area (Å²) in [7, 11) is 1.75. The maximum absolute atomic E-state index is 13.6. The van der Waals surface area contributed by atoms with Gasteiger partial charge in [0.1, 0.15) is 5.75 Å². The van der Waals surface area contributed by atoms with E-state index < -0.39 is 9.84 Å². The fourth-order valence-corrected chi connectivity index (χ4v) is 7.90. The number of benzene rings is 3. The van der Waals surface area contributed by atoms with Gasteiger partial charge in [-0.2, -0.15) is 0 Å². The zero-order valence-corrected chi connectivity index (χ0v) is 24.7. The highest BCUT2D eigenvalue weighted by molar-refractivity contribution is 7.92. The lowest BCUT2D eigenvalue weighted by Gasteiger charge is -2.17. The molecule has 8 heteroatoms. The summed E-state index contributed by atoms with van der Waals surface area (Å²) in [5, 5.41) is 0.807. The molecular weight excluding hydrogens is 530 g/mol. The van der Waals surface area contributed by atoms with Crippen LogP contribution in [0, 0.1) is 0 Å². The maximum Gasteiger partial charge on any atom is 0.208 e. The number of likely N-dealkylation sites (N-methyl/N-ethyl adjacent to an activating group) is 1. The molecule has 0 radical (unpaired) electrons. The van der Waals surface area contributed by atoms with Crippen molar-refractivity contribution in [3.05, 3.63) is 77.2 Å². The maximum atomic E-state index is 13.6. The Morgan fingerprint density at radius 2 is 1.62 bits per heavy atom. The molecule has 4 rings (SSSR count). The molecule has 208 valence electrons. The molecule has 0 aliphatic carbocycles. The van der Waals surface area contributed by atoms with Crippen LogP contribution in [0.5, 0.6) is 17.2 Å². The van der Waals surface area contributed by atoms with Crippen molar-refractivity contribution in [2.24, 2.45) is 0 Å². The van der Waals surface area contributed by atoms with E-state index in [2.05, 4.69) is 24.9 Å². The number of ether oxygens (including phenoxy) is 3. The van der Waals surface area contributed by atoms with E-state index in [-0.39, 0.29) is 0 Å². The molecular formula is C31H37NO5S2. The Kier molecular flexibility index (Phi) is 9.88.